The molecule has 1 saturated carbocycles. The third-order valence-electron chi connectivity index (χ3n) is 3.33. The Morgan fingerprint density at radius 3 is 2.71 bits per heavy atom. The first-order valence-corrected chi connectivity index (χ1v) is 6.14. The van der Waals surface area contributed by atoms with Crippen LogP contribution >= 0.6 is 0 Å². The van der Waals surface area contributed by atoms with Gasteiger partial charge in [-0.2, -0.15) is 0 Å². The third kappa shape index (κ3) is 2.69. The highest BCUT2D eigenvalue weighted by Crippen LogP contribution is 2.20. The molecule has 1 aliphatic rings. The molecule has 2 rings (SSSR count). The van der Waals surface area contributed by atoms with Crippen LogP contribution in [-0.4, -0.2) is 23.2 Å². The van der Waals surface area contributed by atoms with Crippen molar-refractivity contribution in [1.82, 2.24) is 5.32 Å². The third-order valence-corrected chi connectivity index (χ3v) is 3.33. The zero-order valence-electron chi connectivity index (χ0n) is 10.3. The second-order valence-corrected chi connectivity index (χ2v) is 4.76. The number of furan rings is 1. The Labute approximate surface area is 101 Å². The number of aliphatic hydroxyl groups excluding tert-OH is 1. The number of hydrogen-bond acceptors (Lipinski definition) is 3. The quantitative estimate of drug-likeness (QED) is 0.826. The number of nitrogens with one attached hydrogen (secondary N) is 1. The lowest BCUT2D eigenvalue weighted by atomic mass is 9.92. The topological polar surface area (TPSA) is 62.5 Å². The number of carbonyl (C=O) groups is 1. The number of amides is 1. The SMILES string of the molecule is Cc1cc(C(=O)NC2CCCCC2O)c(C)o1. The molecular formula is C13H19NO3. The average molecular weight is 237 g/mol. The van der Waals surface area contributed by atoms with Crippen LogP contribution in [0.15, 0.2) is 10.5 Å². The van der Waals surface area contributed by atoms with Crippen molar-refractivity contribution in [3.63, 3.8) is 0 Å². The Kier molecular flexibility index (Phi) is 3.52. The first-order chi connectivity index (χ1) is 8.08. The van der Waals surface area contributed by atoms with Crippen molar-refractivity contribution in [1.29, 1.82) is 0 Å². The predicted octanol–water partition coefficient (Wildman–Crippen LogP) is 1.93. The summed E-state index contributed by atoms with van der Waals surface area (Å²) in [6, 6.07) is 1.62. The van der Waals surface area contributed by atoms with E-state index >= 15 is 0 Å². The summed E-state index contributed by atoms with van der Waals surface area (Å²) in [4.78, 5) is 12.0. The summed E-state index contributed by atoms with van der Waals surface area (Å²) >= 11 is 0. The molecule has 0 aromatic carbocycles. The van der Waals surface area contributed by atoms with Crippen LogP contribution in [0.5, 0.6) is 0 Å². The molecule has 1 amide bonds. The summed E-state index contributed by atoms with van der Waals surface area (Å²) < 4.78 is 5.33. The monoisotopic (exact) mass is 237 g/mol. The summed E-state index contributed by atoms with van der Waals surface area (Å²) in [6.07, 6.45) is 3.31. The fourth-order valence-corrected chi connectivity index (χ4v) is 2.38. The summed E-state index contributed by atoms with van der Waals surface area (Å²) in [5.74, 6) is 1.22. The molecule has 1 fully saturated rings. The van der Waals surface area contributed by atoms with E-state index in [-0.39, 0.29) is 11.9 Å². The molecule has 1 heterocycles. The van der Waals surface area contributed by atoms with Crippen molar-refractivity contribution in [2.45, 2.75) is 51.7 Å². The minimum atomic E-state index is -0.416. The molecule has 4 heteroatoms. The van der Waals surface area contributed by atoms with Gasteiger partial charge in [0.1, 0.15) is 11.5 Å². The molecule has 2 atom stereocenters. The summed E-state index contributed by atoms with van der Waals surface area (Å²) in [7, 11) is 0. The molecule has 0 saturated heterocycles. The Balaban J connectivity index is 2.03. The fraction of sp³-hybridized carbons (Fsp3) is 0.615. The average Bonchev–Trinajstić information content (AvgIpc) is 2.61. The minimum Gasteiger partial charge on any atom is -0.466 e. The molecule has 0 aliphatic heterocycles. The van der Waals surface area contributed by atoms with Crippen molar-refractivity contribution in [3.05, 3.63) is 23.2 Å². The van der Waals surface area contributed by atoms with Gasteiger partial charge in [0.15, 0.2) is 0 Å². The lowest BCUT2D eigenvalue weighted by molar-refractivity contribution is 0.0716. The van der Waals surface area contributed by atoms with Crippen molar-refractivity contribution >= 4 is 5.91 Å². The van der Waals surface area contributed by atoms with Crippen LogP contribution in [0, 0.1) is 13.8 Å². The van der Waals surface area contributed by atoms with Gasteiger partial charge in [0.25, 0.3) is 5.91 Å². The van der Waals surface area contributed by atoms with E-state index in [2.05, 4.69) is 5.32 Å². The molecule has 1 aromatic rings. The fourth-order valence-electron chi connectivity index (χ4n) is 2.38. The molecule has 0 radical (unpaired) electrons. The van der Waals surface area contributed by atoms with Gasteiger partial charge in [0, 0.05) is 0 Å². The van der Waals surface area contributed by atoms with E-state index in [0.717, 1.165) is 31.4 Å². The van der Waals surface area contributed by atoms with Gasteiger partial charge in [-0.1, -0.05) is 12.8 Å². The summed E-state index contributed by atoms with van der Waals surface area (Å²) in [5.41, 5.74) is 0.570. The Morgan fingerprint density at radius 1 is 1.41 bits per heavy atom. The molecule has 0 spiro atoms. The van der Waals surface area contributed by atoms with Crippen molar-refractivity contribution in [2.24, 2.45) is 0 Å². The smallest absolute Gasteiger partial charge is 0.255 e. The van der Waals surface area contributed by atoms with Crippen LogP contribution in [-0.2, 0) is 0 Å². The second-order valence-electron chi connectivity index (χ2n) is 4.76. The van der Waals surface area contributed by atoms with Gasteiger partial charge in [-0.15, -0.1) is 0 Å². The van der Waals surface area contributed by atoms with Gasteiger partial charge in [-0.05, 0) is 32.8 Å². The van der Waals surface area contributed by atoms with Gasteiger partial charge in [0.2, 0.25) is 0 Å². The van der Waals surface area contributed by atoms with Crippen LogP contribution < -0.4 is 5.32 Å². The number of carbonyl (C=O) groups excluding carboxylic acids is 1. The second kappa shape index (κ2) is 4.92. The Bertz CT molecular complexity index is 411. The highest BCUT2D eigenvalue weighted by atomic mass is 16.3. The highest BCUT2D eigenvalue weighted by Gasteiger charge is 2.25. The van der Waals surface area contributed by atoms with Crippen molar-refractivity contribution in [3.8, 4) is 0 Å². The van der Waals surface area contributed by atoms with Gasteiger partial charge in [-0.3, -0.25) is 4.79 Å². The Morgan fingerprint density at radius 2 is 2.12 bits per heavy atom. The summed E-state index contributed by atoms with van der Waals surface area (Å²) in [5, 5.41) is 12.7. The summed E-state index contributed by atoms with van der Waals surface area (Å²) in [6.45, 7) is 3.60. The van der Waals surface area contributed by atoms with Crippen LogP contribution in [0.4, 0.5) is 0 Å². The molecular weight excluding hydrogens is 218 g/mol. The molecule has 1 aliphatic carbocycles. The van der Waals surface area contributed by atoms with E-state index in [1.807, 2.05) is 6.92 Å². The maximum atomic E-state index is 12.0. The Hall–Kier alpha value is -1.29. The maximum absolute atomic E-state index is 12.0. The van der Waals surface area contributed by atoms with Gasteiger partial charge < -0.3 is 14.8 Å². The van der Waals surface area contributed by atoms with E-state index in [1.165, 1.54) is 0 Å². The van der Waals surface area contributed by atoms with Crippen LogP contribution in [0.3, 0.4) is 0 Å². The first kappa shape index (κ1) is 12.2. The molecule has 94 valence electrons. The van der Waals surface area contributed by atoms with E-state index in [9.17, 15) is 9.90 Å². The largest absolute Gasteiger partial charge is 0.466 e. The van der Waals surface area contributed by atoms with Crippen LogP contribution in [0.1, 0.15) is 47.6 Å². The first-order valence-electron chi connectivity index (χ1n) is 6.14. The molecule has 17 heavy (non-hydrogen) atoms. The number of aliphatic hydroxyl groups is 1. The predicted molar refractivity (Wildman–Crippen MR) is 63.9 cm³/mol. The lowest BCUT2D eigenvalue weighted by Crippen LogP contribution is -2.45. The molecule has 4 nitrogen and oxygen atoms in total. The minimum absolute atomic E-state index is 0.120. The van der Waals surface area contributed by atoms with E-state index < -0.39 is 6.10 Å². The molecule has 0 bridgehead atoms. The van der Waals surface area contributed by atoms with E-state index in [4.69, 9.17) is 4.42 Å². The van der Waals surface area contributed by atoms with Gasteiger partial charge in [0.05, 0.1) is 17.7 Å². The standard InChI is InChI=1S/C13H19NO3/c1-8-7-10(9(2)17-8)13(16)14-11-5-3-4-6-12(11)15/h7,11-12,15H,3-6H2,1-2H3,(H,14,16). The number of rotatable bonds is 2. The zero-order chi connectivity index (χ0) is 12.4. The molecule has 1 aromatic heterocycles. The zero-order valence-corrected chi connectivity index (χ0v) is 10.3. The number of hydrogen-bond donors (Lipinski definition) is 2. The van der Waals surface area contributed by atoms with Crippen molar-refractivity contribution < 1.29 is 14.3 Å². The van der Waals surface area contributed by atoms with Gasteiger partial charge in [-0.25, -0.2) is 0 Å². The van der Waals surface area contributed by atoms with Crippen molar-refractivity contribution in [2.75, 3.05) is 0 Å². The normalized spacial score (nSPS) is 24.6. The molecule has 2 unspecified atom stereocenters. The van der Waals surface area contributed by atoms with E-state index in [1.54, 1.807) is 13.0 Å². The van der Waals surface area contributed by atoms with Crippen LogP contribution in [0.2, 0.25) is 0 Å². The number of aryl methyl sites for hydroxylation is 2. The highest BCUT2D eigenvalue weighted by molar-refractivity contribution is 5.95. The maximum Gasteiger partial charge on any atom is 0.255 e. The molecule has 2 N–H and O–H groups in total. The van der Waals surface area contributed by atoms with E-state index in [0.29, 0.717) is 11.3 Å². The van der Waals surface area contributed by atoms with Crippen LogP contribution in [0.25, 0.3) is 0 Å². The van der Waals surface area contributed by atoms with Gasteiger partial charge >= 0.3 is 0 Å². The lowest BCUT2D eigenvalue weighted by Gasteiger charge is -2.28.